The molecule has 1 aromatic rings. The largest absolute Gasteiger partial charge is 0.444 e. The molecule has 6 nitrogen and oxygen atoms in total. The van der Waals surface area contributed by atoms with Crippen LogP contribution in [0.1, 0.15) is 44.4 Å². The average molecular weight is 355 g/mol. The van der Waals surface area contributed by atoms with Gasteiger partial charge in [-0.15, -0.1) is 0 Å². The topological polar surface area (TPSA) is 61.9 Å². The van der Waals surface area contributed by atoms with Gasteiger partial charge in [0.1, 0.15) is 11.4 Å². The van der Waals surface area contributed by atoms with Crippen molar-refractivity contribution in [3.8, 4) is 0 Å². The summed E-state index contributed by atoms with van der Waals surface area (Å²) in [5.41, 5.74) is 3.09. The van der Waals surface area contributed by atoms with Crippen LogP contribution in [-0.4, -0.2) is 47.0 Å². The van der Waals surface area contributed by atoms with E-state index in [4.69, 9.17) is 4.74 Å². The number of hydrogen-bond donors (Lipinski definition) is 1. The molecule has 0 spiro atoms. The molecule has 138 valence electrons. The van der Waals surface area contributed by atoms with E-state index in [9.17, 15) is 9.59 Å². The lowest BCUT2D eigenvalue weighted by Gasteiger charge is -2.39. The van der Waals surface area contributed by atoms with Gasteiger partial charge in [0.15, 0.2) is 0 Å². The van der Waals surface area contributed by atoms with E-state index in [2.05, 4.69) is 22.3 Å². The molecule has 0 aromatic heterocycles. The lowest BCUT2D eigenvalue weighted by molar-refractivity contribution is -0.128. The first-order chi connectivity index (χ1) is 12.3. The van der Waals surface area contributed by atoms with Crippen molar-refractivity contribution in [1.82, 2.24) is 15.1 Å². The SMILES string of the molecule is CC(C)(C)OC(=O)N1CC(C(=O)CC2c3ccccc3C3=CNCN32)C1. The van der Waals surface area contributed by atoms with Gasteiger partial charge in [0.2, 0.25) is 0 Å². The molecule has 1 amide bonds. The minimum atomic E-state index is -0.509. The zero-order chi connectivity index (χ0) is 18.5. The van der Waals surface area contributed by atoms with E-state index >= 15 is 0 Å². The Morgan fingerprint density at radius 3 is 2.69 bits per heavy atom. The fourth-order valence-corrected chi connectivity index (χ4v) is 3.84. The fraction of sp³-hybridized carbons (Fsp3) is 0.500. The molecule has 1 unspecified atom stereocenters. The Labute approximate surface area is 153 Å². The Bertz CT molecular complexity index is 775. The smallest absolute Gasteiger partial charge is 0.410 e. The van der Waals surface area contributed by atoms with Crippen LogP contribution in [0.2, 0.25) is 0 Å². The second-order valence-electron chi connectivity index (χ2n) is 8.22. The van der Waals surface area contributed by atoms with Crippen LogP contribution in [0.15, 0.2) is 30.5 Å². The third-order valence-electron chi connectivity index (χ3n) is 5.16. The Morgan fingerprint density at radius 2 is 1.96 bits per heavy atom. The summed E-state index contributed by atoms with van der Waals surface area (Å²) in [5, 5.41) is 3.25. The van der Waals surface area contributed by atoms with Crippen LogP contribution in [0, 0.1) is 5.92 Å². The van der Waals surface area contributed by atoms with Crippen LogP contribution in [0.3, 0.4) is 0 Å². The summed E-state index contributed by atoms with van der Waals surface area (Å²) in [4.78, 5) is 28.7. The molecule has 1 aromatic carbocycles. The minimum absolute atomic E-state index is 0.0792. The molecular formula is C20H25N3O3. The van der Waals surface area contributed by atoms with E-state index in [1.54, 1.807) is 4.90 Å². The van der Waals surface area contributed by atoms with Crippen LogP contribution in [0.4, 0.5) is 4.79 Å². The van der Waals surface area contributed by atoms with Crippen LogP contribution in [-0.2, 0) is 9.53 Å². The summed E-state index contributed by atoms with van der Waals surface area (Å²) < 4.78 is 5.36. The number of carbonyl (C=O) groups excluding carboxylic acids is 2. The molecule has 3 heterocycles. The highest BCUT2D eigenvalue weighted by molar-refractivity contribution is 5.86. The predicted octanol–water partition coefficient (Wildman–Crippen LogP) is 2.73. The zero-order valence-corrected chi connectivity index (χ0v) is 15.5. The molecule has 0 radical (unpaired) electrons. The molecule has 0 bridgehead atoms. The fourth-order valence-electron chi connectivity index (χ4n) is 3.84. The summed E-state index contributed by atoms with van der Waals surface area (Å²) in [7, 11) is 0. The number of amides is 1. The highest BCUT2D eigenvalue weighted by atomic mass is 16.6. The first-order valence-corrected chi connectivity index (χ1v) is 9.13. The summed E-state index contributed by atoms with van der Waals surface area (Å²) in [5.74, 6) is 0.135. The van der Waals surface area contributed by atoms with E-state index in [1.807, 2.05) is 39.1 Å². The van der Waals surface area contributed by atoms with Crippen molar-refractivity contribution in [3.63, 3.8) is 0 Å². The number of carbonyl (C=O) groups is 2. The standard InChI is InChI=1S/C20H25N3O3/c1-20(2,3)26-19(25)22-10-13(11-22)18(24)8-16-14-6-4-5-7-15(14)17-9-21-12-23(16)17/h4-7,9,13,16,21H,8,10-12H2,1-3H3. The van der Waals surface area contributed by atoms with Crippen molar-refractivity contribution in [2.24, 2.45) is 5.92 Å². The molecule has 0 saturated carbocycles. The second-order valence-corrected chi connectivity index (χ2v) is 8.22. The number of ether oxygens (including phenoxy) is 1. The van der Waals surface area contributed by atoms with Gasteiger partial charge >= 0.3 is 6.09 Å². The maximum atomic E-state index is 12.8. The number of rotatable bonds is 3. The number of benzene rings is 1. The van der Waals surface area contributed by atoms with E-state index in [0.717, 1.165) is 6.67 Å². The summed E-state index contributed by atoms with van der Waals surface area (Å²) >= 11 is 0. The summed E-state index contributed by atoms with van der Waals surface area (Å²) in [6.45, 7) is 7.20. The molecule has 0 aliphatic carbocycles. The van der Waals surface area contributed by atoms with Crippen LogP contribution in [0.25, 0.3) is 5.70 Å². The molecular weight excluding hydrogens is 330 g/mol. The summed E-state index contributed by atoms with van der Waals surface area (Å²) in [6, 6.07) is 8.36. The number of ketones is 1. The Hall–Kier alpha value is -2.50. The summed E-state index contributed by atoms with van der Waals surface area (Å²) in [6.07, 6.45) is 2.17. The Balaban J connectivity index is 1.38. The molecule has 1 atom stereocenters. The maximum absolute atomic E-state index is 12.8. The third-order valence-corrected chi connectivity index (χ3v) is 5.16. The number of Topliss-reactive ketones (excluding diaryl/α,β-unsaturated/α-hetero) is 1. The van der Waals surface area contributed by atoms with Crippen LogP contribution >= 0.6 is 0 Å². The van der Waals surface area contributed by atoms with Gasteiger partial charge in [0, 0.05) is 31.3 Å². The van der Waals surface area contributed by atoms with Crippen molar-refractivity contribution in [2.75, 3.05) is 19.8 Å². The first kappa shape index (κ1) is 16.9. The Kier molecular flexibility index (Phi) is 3.93. The normalized spacial score (nSPS) is 21.5. The van der Waals surface area contributed by atoms with Crippen molar-refractivity contribution in [3.05, 3.63) is 41.6 Å². The number of likely N-dealkylation sites (tertiary alicyclic amines) is 1. The van der Waals surface area contributed by atoms with E-state index in [1.165, 1.54) is 16.8 Å². The van der Waals surface area contributed by atoms with Crippen LogP contribution < -0.4 is 5.32 Å². The van der Waals surface area contributed by atoms with Gasteiger partial charge in [-0.1, -0.05) is 24.3 Å². The quantitative estimate of drug-likeness (QED) is 0.903. The van der Waals surface area contributed by atoms with Gasteiger partial charge in [-0.25, -0.2) is 4.79 Å². The van der Waals surface area contributed by atoms with Crippen molar-refractivity contribution in [1.29, 1.82) is 0 Å². The van der Waals surface area contributed by atoms with Gasteiger partial charge in [-0.05, 0) is 26.3 Å². The Morgan fingerprint density at radius 1 is 1.23 bits per heavy atom. The van der Waals surface area contributed by atoms with Gasteiger partial charge in [0.05, 0.1) is 24.3 Å². The molecule has 4 rings (SSSR count). The monoisotopic (exact) mass is 355 g/mol. The van der Waals surface area contributed by atoms with E-state index in [-0.39, 0.29) is 23.8 Å². The lowest BCUT2D eigenvalue weighted by atomic mass is 9.89. The van der Waals surface area contributed by atoms with Gasteiger partial charge < -0.3 is 19.9 Å². The number of hydrogen-bond acceptors (Lipinski definition) is 5. The van der Waals surface area contributed by atoms with Crippen molar-refractivity contribution < 1.29 is 14.3 Å². The number of nitrogens with zero attached hydrogens (tertiary/aromatic N) is 2. The minimum Gasteiger partial charge on any atom is -0.444 e. The number of nitrogens with one attached hydrogen (secondary N) is 1. The number of fused-ring (bicyclic) bond motifs is 3. The van der Waals surface area contributed by atoms with E-state index < -0.39 is 5.60 Å². The van der Waals surface area contributed by atoms with Crippen molar-refractivity contribution in [2.45, 2.75) is 38.8 Å². The van der Waals surface area contributed by atoms with Gasteiger partial charge in [-0.2, -0.15) is 0 Å². The van der Waals surface area contributed by atoms with Gasteiger partial charge in [-0.3, -0.25) is 4.79 Å². The van der Waals surface area contributed by atoms with Crippen LogP contribution in [0.5, 0.6) is 0 Å². The van der Waals surface area contributed by atoms with E-state index in [0.29, 0.717) is 19.5 Å². The molecule has 1 N–H and O–H groups in total. The highest BCUT2D eigenvalue weighted by Gasteiger charge is 2.42. The molecule has 3 aliphatic heterocycles. The molecule has 26 heavy (non-hydrogen) atoms. The third kappa shape index (κ3) is 2.93. The van der Waals surface area contributed by atoms with Gasteiger partial charge in [0.25, 0.3) is 0 Å². The first-order valence-electron chi connectivity index (χ1n) is 9.13. The zero-order valence-electron chi connectivity index (χ0n) is 15.5. The second kappa shape index (κ2) is 6.04. The lowest BCUT2D eigenvalue weighted by Crippen LogP contribution is -2.54. The maximum Gasteiger partial charge on any atom is 0.410 e. The molecule has 1 fully saturated rings. The van der Waals surface area contributed by atoms with Crippen molar-refractivity contribution >= 4 is 17.6 Å². The predicted molar refractivity (Wildman–Crippen MR) is 97.9 cm³/mol. The molecule has 3 aliphatic rings. The molecule has 6 heteroatoms. The highest BCUT2D eigenvalue weighted by Crippen LogP contribution is 2.44. The average Bonchev–Trinajstić information content (AvgIpc) is 3.07. The molecule has 1 saturated heterocycles.